The summed E-state index contributed by atoms with van der Waals surface area (Å²) in [5, 5.41) is 22.1. The Labute approximate surface area is 204 Å². The van der Waals surface area contributed by atoms with Crippen molar-refractivity contribution in [1.29, 1.82) is 5.26 Å². The van der Waals surface area contributed by atoms with Gasteiger partial charge in [-0.3, -0.25) is 9.36 Å². The molecule has 0 aliphatic heterocycles. The molecule has 2 heterocycles. The number of carbonyl (C=O) groups excluding carboxylic acids is 1. The molecule has 0 bridgehead atoms. The number of nitrogens with zero attached hydrogens (tertiary/aromatic N) is 4. The van der Waals surface area contributed by atoms with Crippen molar-refractivity contribution >= 4 is 34.0 Å². The van der Waals surface area contributed by atoms with Crippen molar-refractivity contribution in [2.75, 3.05) is 11.1 Å². The third-order valence-electron chi connectivity index (χ3n) is 5.63. The van der Waals surface area contributed by atoms with E-state index in [4.69, 9.17) is 0 Å². The lowest BCUT2D eigenvalue weighted by Gasteiger charge is -2.11. The van der Waals surface area contributed by atoms with Crippen molar-refractivity contribution in [2.45, 2.75) is 31.0 Å². The predicted octanol–water partition coefficient (Wildman–Crippen LogP) is 5.29. The Hall–Kier alpha value is -3.48. The number of aryl methyl sites for hydroxylation is 1. The first-order valence-electron chi connectivity index (χ1n) is 10.8. The van der Waals surface area contributed by atoms with Crippen LogP contribution in [0.2, 0.25) is 0 Å². The Bertz CT molecular complexity index is 1390. The molecule has 2 aromatic carbocycles. The number of nitriles is 1. The van der Waals surface area contributed by atoms with Crippen molar-refractivity contribution < 1.29 is 9.18 Å². The maximum atomic E-state index is 14.5. The highest BCUT2D eigenvalue weighted by molar-refractivity contribution is 7.99. The average molecular weight is 490 g/mol. The van der Waals surface area contributed by atoms with Gasteiger partial charge in [-0.2, -0.15) is 5.26 Å². The summed E-state index contributed by atoms with van der Waals surface area (Å²) in [6, 6.07) is 18.5. The molecule has 9 heteroatoms. The Kier molecular flexibility index (Phi) is 6.43. The number of rotatable bonds is 7. The summed E-state index contributed by atoms with van der Waals surface area (Å²) in [4.78, 5) is 13.9. The van der Waals surface area contributed by atoms with Gasteiger partial charge in [-0.05, 0) is 42.5 Å². The first-order valence-corrected chi connectivity index (χ1v) is 12.6. The van der Waals surface area contributed by atoms with Crippen LogP contribution in [0.15, 0.2) is 59.8 Å². The van der Waals surface area contributed by atoms with E-state index in [0.29, 0.717) is 33.7 Å². The number of aromatic nitrogens is 3. The van der Waals surface area contributed by atoms with Crippen LogP contribution >= 0.6 is 23.1 Å². The first-order chi connectivity index (χ1) is 16.6. The van der Waals surface area contributed by atoms with Gasteiger partial charge in [0.15, 0.2) is 11.0 Å². The number of fused-ring (bicyclic) bond motifs is 1. The largest absolute Gasteiger partial charge is 0.316 e. The Balaban J connectivity index is 1.37. The maximum Gasteiger partial charge on any atom is 0.235 e. The molecule has 2 aromatic heterocycles. The van der Waals surface area contributed by atoms with Crippen LogP contribution in [0.25, 0.3) is 11.4 Å². The van der Waals surface area contributed by atoms with Crippen LogP contribution in [0.1, 0.15) is 28.0 Å². The summed E-state index contributed by atoms with van der Waals surface area (Å²) in [5.41, 5.74) is 3.03. The highest BCUT2D eigenvalue weighted by Gasteiger charge is 2.24. The van der Waals surface area contributed by atoms with Crippen molar-refractivity contribution in [2.24, 2.45) is 0 Å². The molecule has 0 unspecified atom stereocenters. The third-order valence-corrected chi connectivity index (χ3v) is 7.81. The van der Waals surface area contributed by atoms with Crippen LogP contribution in [-0.4, -0.2) is 26.4 Å². The standard InChI is InChI=1S/C25H20FN5OS2/c26-20-11-5-4-9-18(20)23-29-30-25(31(23)14-16-7-2-1-3-8-16)33-15-22(32)28-24-19(13-27)17-10-6-12-21(17)34-24/h1-5,7-9,11H,6,10,12,14-15H2,(H,28,32). The molecule has 1 aliphatic rings. The van der Waals surface area contributed by atoms with Crippen LogP contribution in [-0.2, 0) is 24.2 Å². The summed E-state index contributed by atoms with van der Waals surface area (Å²) in [7, 11) is 0. The highest BCUT2D eigenvalue weighted by Crippen LogP contribution is 2.38. The molecule has 0 radical (unpaired) electrons. The van der Waals surface area contributed by atoms with E-state index in [1.54, 1.807) is 18.2 Å². The van der Waals surface area contributed by atoms with Gasteiger partial charge in [-0.25, -0.2) is 4.39 Å². The lowest BCUT2D eigenvalue weighted by Crippen LogP contribution is -2.15. The smallest absolute Gasteiger partial charge is 0.235 e. The van der Waals surface area contributed by atoms with E-state index in [1.165, 1.54) is 34.0 Å². The molecule has 4 aromatic rings. The second-order valence-electron chi connectivity index (χ2n) is 7.87. The van der Waals surface area contributed by atoms with Crippen LogP contribution in [0.4, 0.5) is 9.39 Å². The van der Waals surface area contributed by atoms with Gasteiger partial charge in [0.2, 0.25) is 5.91 Å². The van der Waals surface area contributed by atoms with Gasteiger partial charge in [0.05, 0.1) is 23.4 Å². The molecular formula is C25H20FN5OS2. The lowest BCUT2D eigenvalue weighted by molar-refractivity contribution is -0.113. The van der Waals surface area contributed by atoms with Crippen molar-refractivity contribution in [3.8, 4) is 17.5 Å². The second-order valence-corrected chi connectivity index (χ2v) is 9.92. The summed E-state index contributed by atoms with van der Waals surface area (Å²) in [6.07, 6.45) is 2.91. The molecule has 0 saturated carbocycles. The van der Waals surface area contributed by atoms with Gasteiger partial charge >= 0.3 is 0 Å². The topological polar surface area (TPSA) is 83.6 Å². The second kappa shape index (κ2) is 9.79. The van der Waals surface area contributed by atoms with Gasteiger partial charge < -0.3 is 5.32 Å². The number of amides is 1. The minimum atomic E-state index is -0.381. The average Bonchev–Trinajstić information content (AvgIpc) is 3.54. The monoisotopic (exact) mass is 489 g/mol. The fourth-order valence-electron chi connectivity index (χ4n) is 4.05. The van der Waals surface area contributed by atoms with Crippen LogP contribution in [0.3, 0.4) is 0 Å². The molecule has 0 fully saturated rings. The van der Waals surface area contributed by atoms with E-state index in [1.807, 2.05) is 34.9 Å². The van der Waals surface area contributed by atoms with E-state index < -0.39 is 0 Å². The van der Waals surface area contributed by atoms with E-state index in [-0.39, 0.29) is 17.5 Å². The van der Waals surface area contributed by atoms with E-state index in [9.17, 15) is 14.4 Å². The quantitative estimate of drug-likeness (QED) is 0.357. The normalized spacial score (nSPS) is 12.4. The Morgan fingerprint density at radius 2 is 1.94 bits per heavy atom. The SMILES string of the molecule is N#Cc1c(NC(=O)CSc2nnc(-c3ccccc3F)n2Cc2ccccc2)sc2c1CCC2. The third kappa shape index (κ3) is 4.47. The predicted molar refractivity (Wildman–Crippen MR) is 131 cm³/mol. The summed E-state index contributed by atoms with van der Waals surface area (Å²) in [6.45, 7) is 0.442. The minimum Gasteiger partial charge on any atom is -0.316 e. The molecule has 34 heavy (non-hydrogen) atoms. The van der Waals surface area contributed by atoms with E-state index in [2.05, 4.69) is 21.6 Å². The number of carbonyl (C=O) groups is 1. The Morgan fingerprint density at radius 1 is 1.15 bits per heavy atom. The summed E-state index contributed by atoms with van der Waals surface area (Å²) in [5.74, 6) is -0.0971. The number of anilines is 1. The molecule has 1 amide bonds. The van der Waals surface area contributed by atoms with Gasteiger partial charge in [0.1, 0.15) is 16.9 Å². The fourth-order valence-corrected chi connectivity index (χ4v) is 6.04. The number of hydrogen-bond acceptors (Lipinski definition) is 6. The maximum absolute atomic E-state index is 14.5. The van der Waals surface area contributed by atoms with Crippen LogP contribution < -0.4 is 5.32 Å². The minimum absolute atomic E-state index is 0.0949. The number of halogens is 1. The number of nitrogens with one attached hydrogen (secondary N) is 1. The zero-order chi connectivity index (χ0) is 23.5. The molecule has 0 saturated heterocycles. The molecule has 5 rings (SSSR count). The van der Waals surface area contributed by atoms with E-state index >= 15 is 0 Å². The molecular weight excluding hydrogens is 469 g/mol. The van der Waals surface area contributed by atoms with Crippen molar-refractivity contribution in [3.05, 3.63) is 82.0 Å². The lowest BCUT2D eigenvalue weighted by atomic mass is 10.1. The number of hydrogen-bond donors (Lipinski definition) is 1. The highest BCUT2D eigenvalue weighted by atomic mass is 32.2. The summed E-state index contributed by atoms with van der Waals surface area (Å²) >= 11 is 2.73. The van der Waals surface area contributed by atoms with Gasteiger partial charge in [0.25, 0.3) is 0 Å². The van der Waals surface area contributed by atoms with Crippen LogP contribution in [0, 0.1) is 17.1 Å². The molecule has 6 nitrogen and oxygen atoms in total. The molecule has 170 valence electrons. The molecule has 1 aliphatic carbocycles. The molecule has 1 N–H and O–H groups in total. The van der Waals surface area contributed by atoms with Gasteiger partial charge in [-0.1, -0.05) is 54.2 Å². The number of thioether (sulfide) groups is 1. The number of benzene rings is 2. The molecule has 0 atom stereocenters. The first kappa shape index (κ1) is 22.3. The van der Waals surface area contributed by atoms with Crippen molar-refractivity contribution in [3.63, 3.8) is 0 Å². The Morgan fingerprint density at radius 3 is 2.74 bits per heavy atom. The summed E-state index contributed by atoms with van der Waals surface area (Å²) < 4.78 is 16.3. The fraction of sp³-hybridized carbons (Fsp3) is 0.200. The van der Waals surface area contributed by atoms with Crippen molar-refractivity contribution in [1.82, 2.24) is 14.8 Å². The van der Waals surface area contributed by atoms with Gasteiger partial charge in [-0.15, -0.1) is 21.5 Å². The van der Waals surface area contributed by atoms with E-state index in [0.717, 1.165) is 30.4 Å². The van der Waals surface area contributed by atoms with Crippen LogP contribution in [0.5, 0.6) is 0 Å². The number of thiophene rings is 1. The van der Waals surface area contributed by atoms with Gasteiger partial charge in [0, 0.05) is 4.88 Å². The zero-order valence-electron chi connectivity index (χ0n) is 18.1. The molecule has 0 spiro atoms. The zero-order valence-corrected chi connectivity index (χ0v) is 19.8.